The van der Waals surface area contributed by atoms with Crippen LogP contribution in [0.5, 0.6) is 0 Å². The Kier molecular flexibility index (Phi) is 38.4. The van der Waals surface area contributed by atoms with Crippen LogP contribution < -0.4 is 0 Å². The summed E-state index contributed by atoms with van der Waals surface area (Å²) in [5.74, 6) is -1.03. The largest absolute Gasteiger partial charge is 0.349 e. The van der Waals surface area contributed by atoms with Crippen LogP contribution in [0.1, 0.15) is 252 Å². The van der Waals surface area contributed by atoms with Crippen molar-refractivity contribution < 1.29 is 24.4 Å². The summed E-state index contributed by atoms with van der Waals surface area (Å²) in [6, 6.07) is 0. The van der Waals surface area contributed by atoms with Crippen LogP contribution in [0.25, 0.3) is 0 Å². The van der Waals surface area contributed by atoms with Gasteiger partial charge in [-0.2, -0.15) is 0 Å². The van der Waals surface area contributed by atoms with Crippen molar-refractivity contribution in [1.82, 2.24) is 0 Å². The molecule has 0 aromatic rings. The molecule has 1 atom stereocenters. The van der Waals surface area contributed by atoms with Crippen molar-refractivity contribution in [1.29, 1.82) is 0 Å². The van der Waals surface area contributed by atoms with Crippen LogP contribution in [0, 0.1) is 5.92 Å². The Morgan fingerprint density at radius 2 is 0.638 bits per heavy atom. The standard InChI is InChI=1S/C42H82O5/c1-4-7-10-13-15-17-19-21-23-25-27-29-31-33-36-39-41(43)45-47-46-42(44)40(37-34-12-9-6-3)38-35-32-30-28-26-24-22-20-18-16-14-11-8-5-2/h40H,4-39H2,1-3H3. The third kappa shape index (κ3) is 36.0. The summed E-state index contributed by atoms with van der Waals surface area (Å²) in [4.78, 5) is 34.5. The molecule has 0 N–H and O–H groups in total. The molecule has 0 aromatic heterocycles. The Morgan fingerprint density at radius 1 is 0.362 bits per heavy atom. The van der Waals surface area contributed by atoms with Crippen LogP contribution in [0.3, 0.4) is 0 Å². The van der Waals surface area contributed by atoms with E-state index in [-0.39, 0.29) is 5.92 Å². The van der Waals surface area contributed by atoms with Gasteiger partial charge in [-0.25, -0.2) is 9.59 Å². The summed E-state index contributed by atoms with van der Waals surface area (Å²) in [6.07, 6.45) is 44.3. The average Bonchev–Trinajstić information content (AvgIpc) is 3.07. The van der Waals surface area contributed by atoms with Crippen LogP contribution in [-0.4, -0.2) is 11.9 Å². The third-order valence-electron chi connectivity index (χ3n) is 9.87. The van der Waals surface area contributed by atoms with Crippen LogP contribution in [0.4, 0.5) is 0 Å². The highest BCUT2D eigenvalue weighted by Gasteiger charge is 2.21. The van der Waals surface area contributed by atoms with Crippen LogP contribution in [0.2, 0.25) is 0 Å². The normalized spacial score (nSPS) is 12.0. The van der Waals surface area contributed by atoms with Crippen LogP contribution in [0.15, 0.2) is 0 Å². The van der Waals surface area contributed by atoms with E-state index >= 15 is 0 Å². The molecule has 0 aliphatic carbocycles. The zero-order valence-corrected chi connectivity index (χ0v) is 32.1. The van der Waals surface area contributed by atoms with Gasteiger partial charge in [0.1, 0.15) is 0 Å². The van der Waals surface area contributed by atoms with Gasteiger partial charge in [0.2, 0.25) is 0 Å². The summed E-state index contributed by atoms with van der Waals surface area (Å²) in [5, 5.41) is 4.67. The highest BCUT2D eigenvalue weighted by atomic mass is 17.5. The number of carbonyl (C=O) groups excluding carboxylic acids is 2. The Bertz CT molecular complexity index is 637. The lowest BCUT2D eigenvalue weighted by Crippen LogP contribution is -2.19. The summed E-state index contributed by atoms with van der Waals surface area (Å²) in [5.41, 5.74) is 0. The van der Waals surface area contributed by atoms with E-state index in [4.69, 9.17) is 9.78 Å². The topological polar surface area (TPSA) is 61.8 Å². The first-order valence-corrected chi connectivity index (χ1v) is 21.2. The quantitative estimate of drug-likeness (QED) is 0.0371. The van der Waals surface area contributed by atoms with E-state index in [0.717, 1.165) is 57.8 Å². The predicted octanol–water partition coefficient (Wildman–Crippen LogP) is 14.6. The fraction of sp³-hybridized carbons (Fsp3) is 0.952. The first kappa shape index (κ1) is 45.9. The molecule has 0 aliphatic rings. The van der Waals surface area contributed by atoms with Crippen molar-refractivity contribution in [2.45, 2.75) is 252 Å². The van der Waals surface area contributed by atoms with E-state index in [9.17, 15) is 9.59 Å². The van der Waals surface area contributed by atoms with Crippen molar-refractivity contribution in [2.24, 2.45) is 5.92 Å². The average molecular weight is 667 g/mol. The van der Waals surface area contributed by atoms with Gasteiger partial charge in [-0.3, -0.25) is 9.78 Å². The van der Waals surface area contributed by atoms with Crippen molar-refractivity contribution in [3.63, 3.8) is 0 Å². The van der Waals surface area contributed by atoms with Crippen LogP contribution >= 0.6 is 0 Å². The van der Waals surface area contributed by atoms with Gasteiger partial charge in [0, 0.05) is 11.5 Å². The molecular weight excluding hydrogens is 584 g/mol. The molecule has 5 heteroatoms. The van der Waals surface area contributed by atoms with Gasteiger partial charge in [-0.05, 0) is 19.3 Å². The molecule has 0 aliphatic heterocycles. The minimum absolute atomic E-state index is 0.182. The minimum atomic E-state index is -0.459. The van der Waals surface area contributed by atoms with Gasteiger partial charge >= 0.3 is 11.9 Å². The van der Waals surface area contributed by atoms with Crippen molar-refractivity contribution >= 4 is 11.9 Å². The molecule has 1 unspecified atom stereocenters. The van der Waals surface area contributed by atoms with Crippen molar-refractivity contribution in [2.75, 3.05) is 0 Å². The van der Waals surface area contributed by atoms with Gasteiger partial charge in [0.25, 0.3) is 0 Å². The summed E-state index contributed by atoms with van der Waals surface area (Å²) < 4.78 is 0. The monoisotopic (exact) mass is 667 g/mol. The molecule has 0 radical (unpaired) electrons. The maximum Gasteiger partial charge on any atom is 0.349 e. The Hall–Kier alpha value is -1.10. The highest BCUT2D eigenvalue weighted by molar-refractivity contribution is 5.72. The molecular formula is C42H82O5. The molecule has 0 saturated heterocycles. The third-order valence-corrected chi connectivity index (χ3v) is 9.87. The van der Waals surface area contributed by atoms with E-state index < -0.39 is 11.9 Å². The van der Waals surface area contributed by atoms with E-state index in [2.05, 4.69) is 25.8 Å². The van der Waals surface area contributed by atoms with Gasteiger partial charge < -0.3 is 0 Å². The van der Waals surface area contributed by atoms with Gasteiger partial charge in [-0.1, -0.05) is 226 Å². The smallest absolute Gasteiger partial charge is 0.260 e. The maximum absolute atomic E-state index is 12.7. The molecule has 47 heavy (non-hydrogen) atoms. The van der Waals surface area contributed by atoms with E-state index in [1.165, 1.54) is 167 Å². The van der Waals surface area contributed by atoms with Crippen molar-refractivity contribution in [3.05, 3.63) is 0 Å². The van der Waals surface area contributed by atoms with E-state index in [1.807, 2.05) is 0 Å². The molecule has 280 valence electrons. The molecule has 0 heterocycles. The second kappa shape index (κ2) is 39.3. The number of hydrogen-bond acceptors (Lipinski definition) is 5. The minimum Gasteiger partial charge on any atom is -0.260 e. The lowest BCUT2D eigenvalue weighted by molar-refractivity contribution is -0.460. The molecule has 0 amide bonds. The number of unbranched alkanes of at least 4 members (excludes halogenated alkanes) is 30. The second-order valence-electron chi connectivity index (χ2n) is 14.6. The first-order chi connectivity index (χ1) is 23.2. The molecule has 0 rings (SSSR count). The highest BCUT2D eigenvalue weighted by Crippen LogP contribution is 2.21. The number of hydrogen-bond donors (Lipinski definition) is 0. The zero-order valence-electron chi connectivity index (χ0n) is 32.1. The Morgan fingerprint density at radius 3 is 0.979 bits per heavy atom. The summed E-state index contributed by atoms with van der Waals surface area (Å²) in [6.45, 7) is 6.75. The molecule has 0 spiro atoms. The Labute approximate surface area is 293 Å². The molecule has 0 bridgehead atoms. The van der Waals surface area contributed by atoms with Crippen LogP contribution in [-0.2, 0) is 24.4 Å². The molecule has 5 nitrogen and oxygen atoms in total. The SMILES string of the molecule is CCCCCCCCCCCCCCCCCC(=O)OOOC(=O)C(CCCCCC)CCCCCCCCCCCCCCCC. The van der Waals surface area contributed by atoms with Crippen molar-refractivity contribution in [3.8, 4) is 0 Å². The second-order valence-corrected chi connectivity index (χ2v) is 14.6. The van der Waals surface area contributed by atoms with Gasteiger partial charge in [0.05, 0.1) is 5.92 Å². The van der Waals surface area contributed by atoms with E-state index in [0.29, 0.717) is 6.42 Å². The predicted molar refractivity (Wildman–Crippen MR) is 200 cm³/mol. The fourth-order valence-electron chi connectivity index (χ4n) is 6.62. The Balaban J connectivity index is 3.83. The van der Waals surface area contributed by atoms with E-state index in [1.54, 1.807) is 0 Å². The molecule has 0 aromatic carbocycles. The summed E-state index contributed by atoms with van der Waals surface area (Å²) >= 11 is 0. The molecule has 0 saturated carbocycles. The lowest BCUT2D eigenvalue weighted by atomic mass is 9.94. The number of rotatable bonds is 39. The fourth-order valence-corrected chi connectivity index (χ4v) is 6.62. The molecule has 0 fully saturated rings. The maximum atomic E-state index is 12.7. The summed E-state index contributed by atoms with van der Waals surface area (Å²) in [7, 11) is 0. The number of carbonyl (C=O) groups is 2. The lowest BCUT2D eigenvalue weighted by Gasteiger charge is -2.14. The first-order valence-electron chi connectivity index (χ1n) is 21.2. The van der Waals surface area contributed by atoms with Gasteiger partial charge in [-0.15, -0.1) is 0 Å². The van der Waals surface area contributed by atoms with Gasteiger partial charge in [0.15, 0.2) is 0 Å². The zero-order chi connectivity index (χ0) is 34.3.